The summed E-state index contributed by atoms with van der Waals surface area (Å²) in [5.41, 5.74) is 0.602. The third kappa shape index (κ3) is 6.46. The first-order chi connectivity index (χ1) is 10.2. The molecule has 22 heavy (non-hydrogen) atoms. The molecule has 1 aromatic rings. The fourth-order valence-corrected chi connectivity index (χ4v) is 2.27. The van der Waals surface area contributed by atoms with Crippen molar-refractivity contribution in [1.82, 2.24) is 4.90 Å². The van der Waals surface area contributed by atoms with Crippen molar-refractivity contribution in [2.75, 3.05) is 13.1 Å². The number of rotatable bonds is 6. The number of hydrogen-bond acceptors (Lipinski definition) is 3. The van der Waals surface area contributed by atoms with E-state index in [1.807, 2.05) is 20.8 Å². The third-order valence-electron chi connectivity index (χ3n) is 3.13. The summed E-state index contributed by atoms with van der Waals surface area (Å²) in [6.07, 6.45) is -0.573. The zero-order chi connectivity index (χ0) is 16.8. The number of carbonyl (C=O) groups excluding carboxylic acids is 1. The Morgan fingerprint density at radius 1 is 1.36 bits per heavy atom. The number of aliphatic hydroxyl groups excluding tert-OH is 1. The van der Waals surface area contributed by atoms with Gasteiger partial charge in [-0.15, -0.1) is 0 Å². The van der Waals surface area contributed by atoms with E-state index in [1.165, 1.54) is 0 Å². The lowest BCUT2D eigenvalue weighted by molar-refractivity contribution is -0.134. The lowest BCUT2D eigenvalue weighted by Gasteiger charge is -2.30. The van der Waals surface area contributed by atoms with Crippen LogP contribution >= 0.6 is 11.6 Å². The number of amides is 1. The van der Waals surface area contributed by atoms with Gasteiger partial charge in [-0.25, -0.2) is 0 Å². The van der Waals surface area contributed by atoms with Gasteiger partial charge in [0.1, 0.15) is 0 Å². The quantitative estimate of drug-likeness (QED) is 0.871. The van der Waals surface area contributed by atoms with Crippen LogP contribution < -0.4 is 0 Å². The van der Waals surface area contributed by atoms with Crippen LogP contribution in [0.15, 0.2) is 24.3 Å². The highest BCUT2D eigenvalue weighted by Gasteiger charge is 2.23. The van der Waals surface area contributed by atoms with Crippen molar-refractivity contribution < 1.29 is 9.90 Å². The summed E-state index contributed by atoms with van der Waals surface area (Å²) in [6, 6.07) is 8.86. The monoisotopic (exact) mass is 322 g/mol. The van der Waals surface area contributed by atoms with Gasteiger partial charge in [0.15, 0.2) is 0 Å². The molecule has 5 heteroatoms. The van der Waals surface area contributed by atoms with Gasteiger partial charge in [-0.1, -0.05) is 44.5 Å². The van der Waals surface area contributed by atoms with Gasteiger partial charge in [-0.2, -0.15) is 5.26 Å². The normalized spacial score (nSPS) is 12.5. The lowest BCUT2D eigenvalue weighted by Crippen LogP contribution is -2.39. The molecule has 1 unspecified atom stereocenters. The summed E-state index contributed by atoms with van der Waals surface area (Å²) in [5.74, 6) is -0.146. The average Bonchev–Trinajstić information content (AvgIpc) is 2.42. The van der Waals surface area contributed by atoms with Gasteiger partial charge in [0.25, 0.3) is 0 Å². The van der Waals surface area contributed by atoms with Crippen LogP contribution in [-0.4, -0.2) is 29.0 Å². The number of nitrogens with zero attached hydrogens (tertiary/aromatic N) is 2. The molecule has 1 aromatic carbocycles. The zero-order valence-electron chi connectivity index (χ0n) is 13.3. The second kappa shape index (κ2) is 8.17. The summed E-state index contributed by atoms with van der Waals surface area (Å²) in [6.45, 7) is 7.06. The van der Waals surface area contributed by atoms with Crippen LogP contribution in [0.2, 0.25) is 5.02 Å². The molecule has 0 bridgehead atoms. The first-order valence-electron chi connectivity index (χ1n) is 7.31. The molecule has 0 heterocycles. The topological polar surface area (TPSA) is 64.3 Å². The number of benzene rings is 1. The molecular weight excluding hydrogens is 300 g/mol. The minimum absolute atomic E-state index is 0.00312. The van der Waals surface area contributed by atoms with Gasteiger partial charge >= 0.3 is 0 Å². The van der Waals surface area contributed by atoms with Gasteiger partial charge in [-0.3, -0.25) is 4.79 Å². The standard InChI is InChI=1S/C17H23ClN2O2/c1-17(2,3)12-20(10-4-9-19)16(22)11-15(21)13-5-7-14(18)8-6-13/h5-8,15,21H,4,10-12H2,1-3H3. The molecule has 0 radical (unpaired) electrons. The maximum atomic E-state index is 12.4. The summed E-state index contributed by atoms with van der Waals surface area (Å²) in [7, 11) is 0. The van der Waals surface area contributed by atoms with Crippen molar-refractivity contribution in [3.8, 4) is 6.07 Å². The lowest BCUT2D eigenvalue weighted by atomic mass is 9.95. The molecule has 0 aliphatic heterocycles. The van der Waals surface area contributed by atoms with Gasteiger partial charge in [0, 0.05) is 18.1 Å². The van der Waals surface area contributed by atoms with Crippen LogP contribution in [-0.2, 0) is 4.79 Å². The van der Waals surface area contributed by atoms with Crippen molar-refractivity contribution in [1.29, 1.82) is 5.26 Å². The summed E-state index contributed by atoms with van der Waals surface area (Å²) < 4.78 is 0. The predicted molar refractivity (Wildman–Crippen MR) is 87.3 cm³/mol. The first kappa shape index (κ1) is 18.5. The molecule has 0 aromatic heterocycles. The van der Waals surface area contributed by atoms with Gasteiger partial charge in [0.05, 0.1) is 25.0 Å². The number of nitriles is 1. The van der Waals surface area contributed by atoms with Gasteiger partial charge in [-0.05, 0) is 23.1 Å². The highest BCUT2D eigenvalue weighted by molar-refractivity contribution is 6.30. The Morgan fingerprint density at radius 3 is 2.45 bits per heavy atom. The molecular formula is C17H23ClN2O2. The largest absolute Gasteiger partial charge is 0.388 e. The predicted octanol–water partition coefficient (Wildman–Crippen LogP) is 3.55. The van der Waals surface area contributed by atoms with E-state index < -0.39 is 6.10 Å². The van der Waals surface area contributed by atoms with Crippen molar-refractivity contribution in [3.05, 3.63) is 34.9 Å². The van der Waals surface area contributed by atoms with Crippen LogP contribution in [0.5, 0.6) is 0 Å². The molecule has 1 rings (SSSR count). The van der Waals surface area contributed by atoms with Crippen molar-refractivity contribution in [2.45, 2.75) is 39.7 Å². The molecule has 0 aliphatic rings. The van der Waals surface area contributed by atoms with Crippen LogP contribution in [0.4, 0.5) is 0 Å². The Labute approximate surface area is 137 Å². The Bertz CT molecular complexity index is 529. The van der Waals surface area contributed by atoms with Crippen LogP contribution in [0, 0.1) is 16.7 Å². The second-order valence-corrected chi connectivity index (χ2v) is 6.99. The number of halogens is 1. The fraction of sp³-hybridized carbons (Fsp3) is 0.529. The van der Waals surface area contributed by atoms with Crippen LogP contribution in [0.25, 0.3) is 0 Å². The molecule has 0 aliphatic carbocycles. The summed E-state index contributed by atoms with van der Waals surface area (Å²) in [4.78, 5) is 14.1. The fourth-order valence-electron chi connectivity index (χ4n) is 2.15. The molecule has 120 valence electrons. The van der Waals surface area contributed by atoms with Crippen LogP contribution in [0.3, 0.4) is 0 Å². The minimum Gasteiger partial charge on any atom is -0.388 e. The smallest absolute Gasteiger partial charge is 0.225 e. The van der Waals surface area contributed by atoms with E-state index in [0.717, 1.165) is 0 Å². The van der Waals surface area contributed by atoms with E-state index in [0.29, 0.717) is 30.1 Å². The van der Waals surface area contributed by atoms with Crippen LogP contribution in [0.1, 0.15) is 45.3 Å². The Hall–Kier alpha value is -1.57. The highest BCUT2D eigenvalue weighted by Crippen LogP contribution is 2.22. The van der Waals surface area contributed by atoms with Gasteiger partial charge < -0.3 is 10.0 Å². The molecule has 1 N–H and O–H groups in total. The zero-order valence-corrected chi connectivity index (χ0v) is 14.1. The molecule has 0 fully saturated rings. The number of carbonyl (C=O) groups is 1. The number of hydrogen-bond donors (Lipinski definition) is 1. The summed E-state index contributed by atoms with van der Waals surface area (Å²) in [5, 5.41) is 19.5. The van der Waals surface area contributed by atoms with Crippen molar-refractivity contribution in [3.63, 3.8) is 0 Å². The Morgan fingerprint density at radius 2 is 1.95 bits per heavy atom. The average molecular weight is 323 g/mol. The second-order valence-electron chi connectivity index (χ2n) is 6.56. The minimum atomic E-state index is -0.866. The number of aliphatic hydroxyl groups is 1. The Balaban J connectivity index is 2.72. The van der Waals surface area contributed by atoms with E-state index in [1.54, 1.807) is 29.2 Å². The Kier molecular flexibility index (Phi) is 6.86. The maximum Gasteiger partial charge on any atom is 0.225 e. The summed E-state index contributed by atoms with van der Waals surface area (Å²) >= 11 is 5.81. The van der Waals surface area contributed by atoms with Crippen molar-refractivity contribution in [2.24, 2.45) is 5.41 Å². The highest BCUT2D eigenvalue weighted by atomic mass is 35.5. The molecule has 1 amide bonds. The van der Waals surface area contributed by atoms with E-state index in [-0.39, 0.29) is 17.7 Å². The van der Waals surface area contributed by atoms with E-state index >= 15 is 0 Å². The molecule has 0 saturated heterocycles. The van der Waals surface area contributed by atoms with E-state index in [4.69, 9.17) is 16.9 Å². The molecule has 1 atom stereocenters. The molecule has 0 spiro atoms. The van der Waals surface area contributed by atoms with Gasteiger partial charge in [0.2, 0.25) is 5.91 Å². The SMILES string of the molecule is CC(C)(C)CN(CCC#N)C(=O)CC(O)c1ccc(Cl)cc1. The van der Waals surface area contributed by atoms with E-state index in [9.17, 15) is 9.90 Å². The third-order valence-corrected chi connectivity index (χ3v) is 3.39. The molecule has 4 nitrogen and oxygen atoms in total. The first-order valence-corrected chi connectivity index (χ1v) is 7.69. The van der Waals surface area contributed by atoms with E-state index in [2.05, 4.69) is 6.07 Å². The molecule has 0 saturated carbocycles. The maximum absolute atomic E-state index is 12.4. The van der Waals surface area contributed by atoms with Crippen molar-refractivity contribution >= 4 is 17.5 Å².